The minimum Gasteiger partial charge on any atom is -0.339 e. The van der Waals surface area contributed by atoms with Gasteiger partial charge in [0.05, 0.1) is 5.69 Å². The zero-order valence-electron chi connectivity index (χ0n) is 19.6. The van der Waals surface area contributed by atoms with Gasteiger partial charge in [-0.3, -0.25) is 4.99 Å². The number of nitrogens with zero attached hydrogens (tertiary/aromatic N) is 1. The van der Waals surface area contributed by atoms with Crippen molar-refractivity contribution in [3.05, 3.63) is 138 Å². The molecule has 1 unspecified atom stereocenters. The van der Waals surface area contributed by atoms with Crippen molar-refractivity contribution in [3.63, 3.8) is 0 Å². The Balaban J connectivity index is 1.45. The van der Waals surface area contributed by atoms with E-state index in [1.807, 2.05) is 0 Å². The average molecular weight is 459 g/mol. The molecular weight excluding hydrogens is 436 g/mol. The zero-order valence-corrected chi connectivity index (χ0v) is 19.6. The second-order valence-electron chi connectivity index (χ2n) is 9.63. The molecule has 0 radical (unpaired) electrons. The summed E-state index contributed by atoms with van der Waals surface area (Å²) in [5.41, 5.74) is 4.70. The highest BCUT2D eigenvalue weighted by Gasteiger charge is 2.27. The molecule has 7 aromatic rings. The molecule has 0 bridgehead atoms. The quantitative estimate of drug-likeness (QED) is 0.257. The summed E-state index contributed by atoms with van der Waals surface area (Å²) >= 11 is 0. The molecule has 2 nitrogen and oxygen atoms in total. The summed E-state index contributed by atoms with van der Waals surface area (Å²) in [6, 6.07) is 43.6. The van der Waals surface area contributed by atoms with E-state index in [9.17, 15) is 0 Å². The van der Waals surface area contributed by atoms with Crippen molar-refractivity contribution >= 4 is 54.6 Å². The lowest BCUT2D eigenvalue weighted by Gasteiger charge is -2.28. The maximum absolute atomic E-state index is 5.36. The normalized spacial score (nSPS) is 15.3. The first-order valence-electron chi connectivity index (χ1n) is 12.4. The van der Waals surface area contributed by atoms with Crippen molar-refractivity contribution < 1.29 is 0 Å². The van der Waals surface area contributed by atoms with E-state index in [0.717, 1.165) is 17.1 Å². The smallest absolute Gasteiger partial charge is 0.133 e. The number of amidine groups is 1. The number of rotatable bonds is 2. The third-order valence-electron chi connectivity index (χ3n) is 7.66. The van der Waals surface area contributed by atoms with Gasteiger partial charge in [0.15, 0.2) is 0 Å². The van der Waals surface area contributed by atoms with Crippen LogP contribution in [0.1, 0.15) is 22.7 Å². The lowest BCUT2D eigenvalue weighted by Crippen LogP contribution is -2.22. The fraction of sp³-hybridized carbons (Fsp3) is 0.0294. The molecule has 1 aliphatic rings. The maximum atomic E-state index is 5.36. The van der Waals surface area contributed by atoms with Crippen LogP contribution < -0.4 is 5.32 Å². The predicted octanol–water partition coefficient (Wildman–Crippen LogP) is 8.70. The van der Waals surface area contributed by atoms with Gasteiger partial charge in [0.2, 0.25) is 0 Å². The highest BCUT2D eigenvalue weighted by Crippen LogP contribution is 2.44. The van der Waals surface area contributed by atoms with Crippen molar-refractivity contribution in [3.8, 4) is 0 Å². The van der Waals surface area contributed by atoms with Gasteiger partial charge in [-0.25, -0.2) is 0 Å². The average Bonchev–Trinajstić information content (AvgIpc) is 2.95. The standard InChI is InChI=1S/C34H22N2/c1-2-8-25(9-3-1)34-35-32-26-12-5-4-7-21(26)15-20-29(32)33(36-34)28-19-17-24-14-13-22-10-6-11-23-16-18-27(28)31(24)30(22)23/h1-20,33H,(H,35,36). The van der Waals surface area contributed by atoms with Gasteiger partial charge in [0.25, 0.3) is 0 Å². The van der Waals surface area contributed by atoms with Gasteiger partial charge >= 0.3 is 0 Å². The molecule has 36 heavy (non-hydrogen) atoms. The molecule has 1 heterocycles. The van der Waals surface area contributed by atoms with E-state index in [4.69, 9.17) is 4.99 Å². The van der Waals surface area contributed by atoms with Crippen molar-refractivity contribution in [1.82, 2.24) is 0 Å². The highest BCUT2D eigenvalue weighted by atomic mass is 15.0. The van der Waals surface area contributed by atoms with Crippen molar-refractivity contribution in [2.45, 2.75) is 6.04 Å². The Kier molecular flexibility index (Phi) is 4.03. The number of hydrogen-bond acceptors (Lipinski definition) is 2. The van der Waals surface area contributed by atoms with E-state index in [1.165, 1.54) is 54.2 Å². The van der Waals surface area contributed by atoms with Gasteiger partial charge in [0.1, 0.15) is 11.9 Å². The summed E-state index contributed by atoms with van der Waals surface area (Å²) in [6.45, 7) is 0. The maximum Gasteiger partial charge on any atom is 0.133 e. The van der Waals surface area contributed by atoms with Crippen LogP contribution in [0, 0.1) is 0 Å². The van der Waals surface area contributed by atoms with E-state index >= 15 is 0 Å². The number of nitrogens with one attached hydrogen (secondary N) is 1. The number of benzene rings is 7. The van der Waals surface area contributed by atoms with Crippen LogP contribution in [0.5, 0.6) is 0 Å². The lowest BCUT2D eigenvalue weighted by atomic mass is 9.86. The molecule has 0 amide bonds. The van der Waals surface area contributed by atoms with Gasteiger partial charge in [0, 0.05) is 16.5 Å². The van der Waals surface area contributed by atoms with Gasteiger partial charge in [-0.2, -0.15) is 0 Å². The Morgan fingerprint density at radius 2 is 1.11 bits per heavy atom. The molecule has 0 saturated carbocycles. The van der Waals surface area contributed by atoms with E-state index in [-0.39, 0.29) is 6.04 Å². The van der Waals surface area contributed by atoms with Crippen LogP contribution in [0.2, 0.25) is 0 Å². The molecule has 1 aliphatic heterocycles. The predicted molar refractivity (Wildman–Crippen MR) is 153 cm³/mol. The molecule has 0 spiro atoms. The molecule has 1 N–H and O–H groups in total. The van der Waals surface area contributed by atoms with Crippen LogP contribution in [0.3, 0.4) is 0 Å². The van der Waals surface area contributed by atoms with Crippen LogP contribution >= 0.6 is 0 Å². The van der Waals surface area contributed by atoms with Crippen molar-refractivity contribution in [2.75, 3.05) is 5.32 Å². The van der Waals surface area contributed by atoms with E-state index < -0.39 is 0 Å². The van der Waals surface area contributed by atoms with Crippen LogP contribution in [-0.4, -0.2) is 5.84 Å². The Morgan fingerprint density at radius 1 is 0.472 bits per heavy atom. The summed E-state index contributed by atoms with van der Waals surface area (Å²) in [7, 11) is 0. The number of anilines is 1. The summed E-state index contributed by atoms with van der Waals surface area (Å²) < 4.78 is 0. The first kappa shape index (κ1) is 19.6. The number of hydrogen-bond donors (Lipinski definition) is 1. The molecule has 8 rings (SSSR count). The molecular formula is C34H22N2. The largest absolute Gasteiger partial charge is 0.339 e. The van der Waals surface area contributed by atoms with Gasteiger partial charge in [-0.05, 0) is 43.3 Å². The number of aliphatic imine (C=N–C) groups is 1. The summed E-state index contributed by atoms with van der Waals surface area (Å²) in [5.74, 6) is 0.912. The van der Waals surface area contributed by atoms with Crippen molar-refractivity contribution in [1.29, 1.82) is 0 Å². The third kappa shape index (κ3) is 2.76. The molecule has 168 valence electrons. The SMILES string of the molecule is c1ccc(C2=NC(c3ccc4ccc5cccc6ccc3c4c56)c3ccc4ccccc4c3N2)cc1. The Hall–Kier alpha value is -4.69. The summed E-state index contributed by atoms with van der Waals surface area (Å²) in [4.78, 5) is 5.36. The summed E-state index contributed by atoms with van der Waals surface area (Å²) in [5, 5.41) is 14.0. The van der Waals surface area contributed by atoms with Crippen LogP contribution in [0.4, 0.5) is 5.69 Å². The molecule has 0 fully saturated rings. The number of fused-ring (bicyclic) bond motifs is 3. The first-order valence-corrected chi connectivity index (χ1v) is 12.4. The Labute approximate surface area is 208 Å². The summed E-state index contributed by atoms with van der Waals surface area (Å²) in [6.07, 6.45) is 0. The minimum atomic E-state index is -0.106. The molecule has 2 heteroatoms. The molecule has 0 aromatic heterocycles. The van der Waals surface area contributed by atoms with E-state index in [0.29, 0.717) is 0 Å². The van der Waals surface area contributed by atoms with Gasteiger partial charge in [-0.1, -0.05) is 121 Å². The fourth-order valence-electron chi connectivity index (χ4n) is 5.98. The second-order valence-corrected chi connectivity index (χ2v) is 9.63. The second kappa shape index (κ2) is 7.40. The van der Waals surface area contributed by atoms with Crippen LogP contribution in [0.15, 0.2) is 126 Å². The van der Waals surface area contributed by atoms with Gasteiger partial charge in [-0.15, -0.1) is 0 Å². The third-order valence-corrected chi connectivity index (χ3v) is 7.66. The van der Waals surface area contributed by atoms with Gasteiger partial charge < -0.3 is 5.32 Å². The molecule has 1 atom stereocenters. The fourth-order valence-corrected chi connectivity index (χ4v) is 5.98. The Morgan fingerprint density at radius 3 is 1.97 bits per heavy atom. The van der Waals surface area contributed by atoms with E-state index in [2.05, 4.69) is 127 Å². The first-order chi connectivity index (χ1) is 17.8. The molecule has 7 aromatic carbocycles. The minimum absolute atomic E-state index is 0.106. The van der Waals surface area contributed by atoms with Crippen LogP contribution in [-0.2, 0) is 0 Å². The van der Waals surface area contributed by atoms with E-state index in [1.54, 1.807) is 0 Å². The molecule has 0 aliphatic carbocycles. The Bertz CT molecular complexity index is 1950. The van der Waals surface area contributed by atoms with Crippen molar-refractivity contribution in [2.24, 2.45) is 4.99 Å². The zero-order chi connectivity index (χ0) is 23.6. The topological polar surface area (TPSA) is 24.4 Å². The van der Waals surface area contributed by atoms with Crippen LogP contribution in [0.25, 0.3) is 43.1 Å². The monoisotopic (exact) mass is 458 g/mol. The molecule has 0 saturated heterocycles. The highest BCUT2D eigenvalue weighted by molar-refractivity contribution is 6.24. The lowest BCUT2D eigenvalue weighted by molar-refractivity contribution is 0.875.